The molecule has 0 aliphatic carbocycles. The molecule has 0 saturated carbocycles. The Kier molecular flexibility index (Phi) is 10.8. The average molecular weight is 463 g/mol. The summed E-state index contributed by atoms with van der Waals surface area (Å²) in [5.41, 5.74) is 8.75. The van der Waals surface area contributed by atoms with E-state index >= 15 is 0 Å². The molecular formula is C24H34IN. The van der Waals surface area contributed by atoms with E-state index in [4.69, 9.17) is 0 Å². The molecule has 0 saturated heterocycles. The van der Waals surface area contributed by atoms with Gasteiger partial charge in [-0.1, -0.05) is 93.4 Å². The summed E-state index contributed by atoms with van der Waals surface area (Å²) < 4.78 is 0. The maximum absolute atomic E-state index is 4.66. The molecule has 0 aliphatic rings. The van der Waals surface area contributed by atoms with Crippen LogP contribution in [0.3, 0.4) is 0 Å². The average Bonchev–Trinajstić information content (AvgIpc) is 2.67. The lowest BCUT2D eigenvalue weighted by atomic mass is 9.83. The third-order valence-electron chi connectivity index (χ3n) is 5.03. The summed E-state index contributed by atoms with van der Waals surface area (Å²) >= 11 is 0. The lowest BCUT2D eigenvalue weighted by Gasteiger charge is -2.25. The van der Waals surface area contributed by atoms with Gasteiger partial charge in [-0.2, -0.15) is 0 Å². The lowest BCUT2D eigenvalue weighted by Crippen LogP contribution is -3.00. The van der Waals surface area contributed by atoms with Gasteiger partial charge in [-0.05, 0) is 29.5 Å². The lowest BCUT2D eigenvalue weighted by molar-refractivity contribution is -0.481. The fraction of sp³-hybridized carbons (Fsp3) is 0.417. The van der Waals surface area contributed by atoms with Crippen molar-refractivity contribution in [1.29, 1.82) is 0 Å². The van der Waals surface area contributed by atoms with Gasteiger partial charge in [-0.25, -0.2) is 0 Å². The Bertz CT molecular complexity index is 584. The molecular weight excluding hydrogens is 429 g/mol. The Balaban J connectivity index is 0.00000338. The number of quaternary nitrogens is 1. The molecule has 0 radical (unpaired) electrons. The molecule has 0 heterocycles. The first-order valence-corrected chi connectivity index (χ1v) is 9.85. The van der Waals surface area contributed by atoms with Crippen molar-refractivity contribution in [2.45, 2.75) is 64.3 Å². The molecule has 3 N–H and O–H groups in total. The number of halogens is 1. The van der Waals surface area contributed by atoms with Gasteiger partial charge < -0.3 is 29.7 Å². The Hall–Kier alpha value is -1.13. The molecule has 0 unspecified atom stereocenters. The first-order valence-electron chi connectivity index (χ1n) is 9.85. The van der Waals surface area contributed by atoms with Gasteiger partial charge in [0.15, 0.2) is 0 Å². The van der Waals surface area contributed by atoms with Gasteiger partial charge in [0, 0.05) is 19.3 Å². The van der Waals surface area contributed by atoms with Crippen LogP contribution in [0, 0.1) is 0 Å². The van der Waals surface area contributed by atoms with E-state index in [1.54, 1.807) is 0 Å². The molecule has 2 aromatic rings. The van der Waals surface area contributed by atoms with E-state index in [2.05, 4.69) is 86.3 Å². The van der Waals surface area contributed by atoms with Crippen LogP contribution in [0.15, 0.2) is 66.7 Å². The molecule has 0 amide bonds. The van der Waals surface area contributed by atoms with Crippen LogP contribution >= 0.6 is 0 Å². The highest BCUT2D eigenvalue weighted by Crippen LogP contribution is 2.28. The fourth-order valence-corrected chi connectivity index (χ4v) is 3.39. The van der Waals surface area contributed by atoms with Crippen LogP contribution in [0.4, 0.5) is 0 Å². The molecule has 26 heavy (non-hydrogen) atoms. The maximum Gasteiger partial charge on any atom is 0.0980 e. The quantitative estimate of drug-likeness (QED) is 0.525. The second-order valence-electron chi connectivity index (χ2n) is 7.26. The highest BCUT2D eigenvalue weighted by Gasteiger charge is 2.27. The van der Waals surface area contributed by atoms with Crippen molar-refractivity contribution in [3.05, 3.63) is 77.9 Å². The third kappa shape index (κ3) is 7.24. The summed E-state index contributed by atoms with van der Waals surface area (Å²) in [6, 6.07) is 21.5. The molecule has 142 valence electrons. The molecule has 2 heteroatoms. The van der Waals surface area contributed by atoms with Crippen molar-refractivity contribution in [2.24, 2.45) is 0 Å². The fourth-order valence-electron chi connectivity index (χ4n) is 3.39. The molecule has 2 rings (SSSR count). The second-order valence-corrected chi connectivity index (χ2v) is 7.26. The molecule has 0 aromatic heterocycles. The van der Waals surface area contributed by atoms with E-state index in [1.807, 2.05) is 0 Å². The minimum absolute atomic E-state index is 0. The van der Waals surface area contributed by atoms with E-state index in [9.17, 15) is 0 Å². The summed E-state index contributed by atoms with van der Waals surface area (Å²) in [5.74, 6) is 0. The van der Waals surface area contributed by atoms with Gasteiger partial charge in [-0.15, -0.1) is 0 Å². The monoisotopic (exact) mass is 463 g/mol. The number of rotatable bonds is 10. The van der Waals surface area contributed by atoms with Gasteiger partial charge >= 0.3 is 0 Å². The molecule has 2 aromatic carbocycles. The van der Waals surface area contributed by atoms with Gasteiger partial charge in [0.1, 0.15) is 0 Å². The smallest absolute Gasteiger partial charge is 0.0980 e. The van der Waals surface area contributed by atoms with E-state index < -0.39 is 0 Å². The first kappa shape index (κ1) is 22.9. The molecule has 0 fully saturated rings. The minimum Gasteiger partial charge on any atom is -1.00 e. The molecule has 0 spiro atoms. The van der Waals surface area contributed by atoms with Gasteiger partial charge in [0.25, 0.3) is 0 Å². The van der Waals surface area contributed by atoms with Gasteiger partial charge in [0.2, 0.25) is 0 Å². The largest absolute Gasteiger partial charge is 1.00 e. The van der Waals surface area contributed by atoms with Gasteiger partial charge in [0.05, 0.1) is 5.54 Å². The topological polar surface area (TPSA) is 27.6 Å². The summed E-state index contributed by atoms with van der Waals surface area (Å²) in [7, 11) is 0. The standard InChI is InChI=1S/C24H33N.HI/c1-3-5-18-24(25,19-6-4-2)20-17-23(21-13-9-7-10-14-21)22-15-11-8-12-16-22;/h7-17H,3-6,18-20,25H2,1-2H3;1H. The zero-order valence-corrected chi connectivity index (χ0v) is 18.5. The summed E-state index contributed by atoms with van der Waals surface area (Å²) in [4.78, 5) is 0. The van der Waals surface area contributed by atoms with E-state index in [0.29, 0.717) is 0 Å². The van der Waals surface area contributed by atoms with E-state index in [1.165, 1.54) is 55.2 Å². The van der Waals surface area contributed by atoms with Crippen LogP contribution in [0.5, 0.6) is 0 Å². The maximum atomic E-state index is 4.66. The molecule has 1 nitrogen and oxygen atoms in total. The Morgan fingerprint density at radius 3 is 1.62 bits per heavy atom. The van der Waals surface area contributed by atoms with E-state index in [-0.39, 0.29) is 29.5 Å². The van der Waals surface area contributed by atoms with Crippen molar-refractivity contribution in [3.8, 4) is 0 Å². The Labute approximate surface area is 177 Å². The van der Waals surface area contributed by atoms with Crippen molar-refractivity contribution < 1.29 is 29.7 Å². The zero-order valence-electron chi connectivity index (χ0n) is 16.4. The van der Waals surface area contributed by atoms with Crippen LogP contribution in [0.1, 0.15) is 69.9 Å². The highest BCUT2D eigenvalue weighted by molar-refractivity contribution is 5.79. The van der Waals surface area contributed by atoms with Crippen LogP contribution in [0.2, 0.25) is 0 Å². The van der Waals surface area contributed by atoms with Crippen molar-refractivity contribution >= 4 is 5.57 Å². The van der Waals surface area contributed by atoms with Crippen LogP contribution in [-0.2, 0) is 0 Å². The van der Waals surface area contributed by atoms with Crippen LogP contribution in [0.25, 0.3) is 5.57 Å². The zero-order chi connectivity index (χ0) is 18.0. The molecule has 0 bridgehead atoms. The summed E-state index contributed by atoms with van der Waals surface area (Å²) in [6.07, 6.45) is 11.0. The second kappa shape index (κ2) is 12.3. The molecule has 0 aliphatic heterocycles. The predicted octanol–water partition coefficient (Wildman–Crippen LogP) is 2.87. The number of hydrogen-bond donors (Lipinski definition) is 1. The summed E-state index contributed by atoms with van der Waals surface area (Å²) in [6.45, 7) is 4.55. The minimum atomic E-state index is 0. The van der Waals surface area contributed by atoms with Crippen molar-refractivity contribution in [2.75, 3.05) is 0 Å². The van der Waals surface area contributed by atoms with E-state index in [0.717, 1.165) is 6.42 Å². The number of benzene rings is 2. The predicted molar refractivity (Wildman–Crippen MR) is 109 cm³/mol. The number of unbranched alkanes of at least 4 members (excludes halogenated alkanes) is 2. The van der Waals surface area contributed by atoms with Crippen molar-refractivity contribution in [3.63, 3.8) is 0 Å². The molecule has 0 atom stereocenters. The Morgan fingerprint density at radius 1 is 0.808 bits per heavy atom. The normalized spacial score (nSPS) is 10.9. The third-order valence-corrected chi connectivity index (χ3v) is 5.03. The van der Waals surface area contributed by atoms with Gasteiger partial charge in [-0.3, -0.25) is 0 Å². The highest BCUT2D eigenvalue weighted by atomic mass is 127. The van der Waals surface area contributed by atoms with Crippen LogP contribution in [-0.4, -0.2) is 5.54 Å². The summed E-state index contributed by atoms with van der Waals surface area (Å²) in [5, 5.41) is 0. The SMILES string of the molecule is CCCCC([NH3+])(CC=C(c1ccccc1)c1ccccc1)CCCC.[I-]. The Morgan fingerprint density at radius 2 is 1.23 bits per heavy atom. The van der Waals surface area contributed by atoms with Crippen LogP contribution < -0.4 is 29.7 Å². The number of hydrogen-bond acceptors (Lipinski definition) is 0. The van der Waals surface area contributed by atoms with Crippen molar-refractivity contribution in [1.82, 2.24) is 0 Å². The first-order chi connectivity index (χ1) is 12.2.